The fourth-order valence-electron chi connectivity index (χ4n) is 2.93. The Labute approximate surface area is 110 Å². The van der Waals surface area contributed by atoms with Crippen molar-refractivity contribution in [2.45, 2.75) is 31.8 Å². The molecule has 1 atom stereocenters. The summed E-state index contributed by atoms with van der Waals surface area (Å²) in [5, 5.41) is 0. The van der Waals surface area contributed by atoms with Crippen LogP contribution in [0.15, 0.2) is 24.3 Å². The molecule has 2 aliphatic rings. The van der Waals surface area contributed by atoms with Gasteiger partial charge in [0.25, 0.3) is 0 Å². The van der Waals surface area contributed by atoms with E-state index in [9.17, 15) is 0 Å². The van der Waals surface area contributed by atoms with Crippen molar-refractivity contribution in [2.75, 3.05) is 31.1 Å². The third-order valence-electron chi connectivity index (χ3n) is 4.15. The van der Waals surface area contributed by atoms with Gasteiger partial charge in [-0.3, -0.25) is 4.90 Å². The first-order valence-corrected chi connectivity index (χ1v) is 7.09. The van der Waals surface area contributed by atoms with Crippen LogP contribution in [0.1, 0.15) is 31.4 Å². The van der Waals surface area contributed by atoms with Crippen LogP contribution in [0.2, 0.25) is 0 Å². The lowest BCUT2D eigenvalue weighted by Crippen LogP contribution is -2.47. The van der Waals surface area contributed by atoms with Gasteiger partial charge in [-0.15, -0.1) is 0 Å². The van der Waals surface area contributed by atoms with E-state index in [-0.39, 0.29) is 6.04 Å². The van der Waals surface area contributed by atoms with E-state index in [1.54, 1.807) is 0 Å². The van der Waals surface area contributed by atoms with E-state index >= 15 is 0 Å². The largest absolute Gasteiger partial charge is 0.369 e. The highest BCUT2D eigenvalue weighted by atomic mass is 15.3. The van der Waals surface area contributed by atoms with Gasteiger partial charge in [-0.05, 0) is 31.4 Å². The van der Waals surface area contributed by atoms with Crippen LogP contribution >= 0.6 is 0 Å². The Bertz CT molecular complexity index is 404. The lowest BCUT2D eigenvalue weighted by atomic mass is 10.1. The van der Waals surface area contributed by atoms with E-state index in [4.69, 9.17) is 5.73 Å². The molecule has 0 radical (unpaired) electrons. The van der Waals surface area contributed by atoms with Gasteiger partial charge in [0.05, 0.1) is 0 Å². The van der Waals surface area contributed by atoms with Crippen molar-refractivity contribution in [2.24, 2.45) is 5.73 Å². The molecule has 0 aromatic heterocycles. The second-order valence-corrected chi connectivity index (χ2v) is 5.60. The molecule has 0 unspecified atom stereocenters. The van der Waals surface area contributed by atoms with Crippen LogP contribution in [-0.2, 0) is 0 Å². The SMILES string of the molecule is C[C@H](N)c1ccccc1N1CCN(C2CC2)CC1. The molecule has 3 heteroatoms. The third kappa shape index (κ3) is 2.38. The Morgan fingerprint density at radius 2 is 1.78 bits per heavy atom. The van der Waals surface area contributed by atoms with Gasteiger partial charge in [0.1, 0.15) is 0 Å². The molecule has 2 fully saturated rings. The summed E-state index contributed by atoms with van der Waals surface area (Å²) in [6.07, 6.45) is 2.83. The Morgan fingerprint density at radius 3 is 2.39 bits per heavy atom. The summed E-state index contributed by atoms with van der Waals surface area (Å²) in [6, 6.07) is 9.59. The van der Waals surface area contributed by atoms with Gasteiger partial charge in [-0.1, -0.05) is 18.2 Å². The van der Waals surface area contributed by atoms with Crippen molar-refractivity contribution in [3.05, 3.63) is 29.8 Å². The number of benzene rings is 1. The fraction of sp³-hybridized carbons (Fsp3) is 0.600. The van der Waals surface area contributed by atoms with Crippen LogP contribution in [-0.4, -0.2) is 37.1 Å². The van der Waals surface area contributed by atoms with Crippen molar-refractivity contribution < 1.29 is 0 Å². The van der Waals surface area contributed by atoms with Crippen molar-refractivity contribution >= 4 is 5.69 Å². The fourth-order valence-corrected chi connectivity index (χ4v) is 2.93. The second kappa shape index (κ2) is 4.90. The maximum atomic E-state index is 6.07. The van der Waals surface area contributed by atoms with Crippen LogP contribution in [0.4, 0.5) is 5.69 Å². The van der Waals surface area contributed by atoms with Gasteiger partial charge < -0.3 is 10.6 Å². The number of nitrogens with two attached hydrogens (primary N) is 1. The van der Waals surface area contributed by atoms with Gasteiger partial charge in [0.2, 0.25) is 0 Å². The average Bonchev–Trinajstić information content (AvgIpc) is 3.23. The normalized spacial score (nSPS) is 23.1. The van der Waals surface area contributed by atoms with E-state index in [2.05, 4.69) is 41.0 Å². The molecule has 1 aromatic rings. The molecule has 1 aliphatic carbocycles. The minimum Gasteiger partial charge on any atom is -0.369 e. The minimum absolute atomic E-state index is 0.114. The first-order valence-electron chi connectivity index (χ1n) is 7.09. The highest BCUT2D eigenvalue weighted by Crippen LogP contribution is 2.30. The second-order valence-electron chi connectivity index (χ2n) is 5.60. The molecule has 1 heterocycles. The van der Waals surface area contributed by atoms with Gasteiger partial charge in [-0.25, -0.2) is 0 Å². The van der Waals surface area contributed by atoms with Crippen LogP contribution in [0.25, 0.3) is 0 Å². The molecule has 0 spiro atoms. The third-order valence-corrected chi connectivity index (χ3v) is 4.15. The molecule has 1 saturated heterocycles. The molecule has 0 amide bonds. The van der Waals surface area contributed by atoms with Gasteiger partial charge in [0, 0.05) is 44.0 Å². The van der Waals surface area contributed by atoms with Crippen LogP contribution in [0.5, 0.6) is 0 Å². The Morgan fingerprint density at radius 1 is 1.11 bits per heavy atom. The Kier molecular flexibility index (Phi) is 3.27. The van der Waals surface area contributed by atoms with E-state index in [1.165, 1.54) is 37.2 Å². The van der Waals surface area contributed by atoms with Gasteiger partial charge in [-0.2, -0.15) is 0 Å². The first-order chi connectivity index (χ1) is 8.75. The zero-order valence-electron chi connectivity index (χ0n) is 11.2. The number of nitrogens with zero attached hydrogens (tertiary/aromatic N) is 2. The predicted octanol–water partition coefficient (Wildman–Crippen LogP) is 1.99. The predicted molar refractivity (Wildman–Crippen MR) is 75.9 cm³/mol. The molecule has 3 nitrogen and oxygen atoms in total. The molecular weight excluding hydrogens is 222 g/mol. The van der Waals surface area contributed by atoms with Crippen LogP contribution in [0.3, 0.4) is 0 Å². The summed E-state index contributed by atoms with van der Waals surface area (Å²) >= 11 is 0. The summed E-state index contributed by atoms with van der Waals surface area (Å²) in [5.74, 6) is 0. The molecular formula is C15H23N3. The van der Waals surface area contributed by atoms with E-state index in [0.717, 1.165) is 19.1 Å². The van der Waals surface area contributed by atoms with Crippen molar-refractivity contribution in [1.29, 1.82) is 0 Å². The molecule has 98 valence electrons. The number of para-hydroxylation sites is 1. The maximum absolute atomic E-state index is 6.07. The molecule has 0 bridgehead atoms. The standard InChI is InChI=1S/C15H23N3/c1-12(16)14-4-2-3-5-15(14)18-10-8-17(9-11-18)13-6-7-13/h2-5,12-13H,6-11,16H2,1H3/t12-/m0/s1. The summed E-state index contributed by atoms with van der Waals surface area (Å²) in [4.78, 5) is 5.14. The molecule has 1 aromatic carbocycles. The van der Waals surface area contributed by atoms with Crippen LogP contribution < -0.4 is 10.6 Å². The van der Waals surface area contributed by atoms with E-state index in [0.29, 0.717) is 0 Å². The Hall–Kier alpha value is -1.06. The number of hydrogen-bond donors (Lipinski definition) is 1. The van der Waals surface area contributed by atoms with Crippen LogP contribution in [0, 0.1) is 0 Å². The molecule has 1 saturated carbocycles. The lowest BCUT2D eigenvalue weighted by Gasteiger charge is -2.37. The van der Waals surface area contributed by atoms with Crippen molar-refractivity contribution in [1.82, 2.24) is 4.90 Å². The van der Waals surface area contributed by atoms with Crippen molar-refractivity contribution in [3.8, 4) is 0 Å². The summed E-state index contributed by atoms with van der Waals surface area (Å²) < 4.78 is 0. The molecule has 18 heavy (non-hydrogen) atoms. The summed E-state index contributed by atoms with van der Waals surface area (Å²) in [6.45, 7) is 6.76. The molecule has 1 aliphatic heterocycles. The maximum Gasteiger partial charge on any atom is 0.0415 e. The number of rotatable bonds is 3. The highest BCUT2D eigenvalue weighted by molar-refractivity contribution is 5.55. The first kappa shape index (κ1) is 12.0. The number of anilines is 1. The minimum atomic E-state index is 0.114. The zero-order valence-corrected chi connectivity index (χ0v) is 11.2. The highest BCUT2D eigenvalue weighted by Gasteiger charge is 2.31. The molecule has 3 rings (SSSR count). The quantitative estimate of drug-likeness (QED) is 0.884. The van der Waals surface area contributed by atoms with Crippen molar-refractivity contribution in [3.63, 3.8) is 0 Å². The average molecular weight is 245 g/mol. The lowest BCUT2D eigenvalue weighted by molar-refractivity contribution is 0.248. The Balaban J connectivity index is 1.71. The summed E-state index contributed by atoms with van der Waals surface area (Å²) in [5.41, 5.74) is 8.68. The zero-order chi connectivity index (χ0) is 12.5. The van der Waals surface area contributed by atoms with Gasteiger partial charge >= 0.3 is 0 Å². The van der Waals surface area contributed by atoms with E-state index < -0.39 is 0 Å². The number of piperazine rings is 1. The van der Waals surface area contributed by atoms with E-state index in [1.807, 2.05) is 0 Å². The monoisotopic (exact) mass is 245 g/mol. The smallest absolute Gasteiger partial charge is 0.0415 e. The topological polar surface area (TPSA) is 32.5 Å². The number of hydrogen-bond acceptors (Lipinski definition) is 3. The van der Waals surface area contributed by atoms with Gasteiger partial charge in [0.15, 0.2) is 0 Å². The molecule has 2 N–H and O–H groups in total. The summed E-state index contributed by atoms with van der Waals surface area (Å²) in [7, 11) is 0.